The van der Waals surface area contributed by atoms with E-state index in [1.807, 2.05) is 18.4 Å². The number of fused-ring (bicyclic) bond motifs is 1. The molecule has 2 aromatic rings. The van der Waals surface area contributed by atoms with Crippen molar-refractivity contribution in [2.75, 3.05) is 13.2 Å². The molecule has 1 aromatic carbocycles. The summed E-state index contributed by atoms with van der Waals surface area (Å²) in [5, 5.41) is 12.4. The van der Waals surface area contributed by atoms with Gasteiger partial charge in [0.05, 0.1) is 10.6 Å². The van der Waals surface area contributed by atoms with Crippen LogP contribution in [0.25, 0.3) is 11.6 Å². The normalized spacial score (nSPS) is 13.9. The van der Waals surface area contributed by atoms with Gasteiger partial charge in [-0.05, 0) is 30.7 Å². The predicted molar refractivity (Wildman–Crippen MR) is 82.8 cm³/mol. The van der Waals surface area contributed by atoms with Crippen molar-refractivity contribution in [1.82, 2.24) is 4.98 Å². The van der Waals surface area contributed by atoms with Gasteiger partial charge in [-0.1, -0.05) is 11.6 Å². The Morgan fingerprint density at radius 1 is 1.43 bits per heavy atom. The first-order valence-corrected chi connectivity index (χ1v) is 7.56. The zero-order valence-electron chi connectivity index (χ0n) is 11.2. The number of hydrogen-bond acceptors (Lipinski definition) is 5. The molecule has 0 N–H and O–H groups in total. The molecule has 0 unspecified atom stereocenters. The molecule has 1 aliphatic rings. The molecule has 6 heteroatoms. The van der Waals surface area contributed by atoms with Gasteiger partial charge >= 0.3 is 0 Å². The Labute approximate surface area is 131 Å². The molecule has 1 aromatic heterocycles. The lowest BCUT2D eigenvalue weighted by Gasteiger charge is -2.19. The highest BCUT2D eigenvalue weighted by Gasteiger charge is 2.16. The van der Waals surface area contributed by atoms with Crippen molar-refractivity contribution in [3.63, 3.8) is 0 Å². The fourth-order valence-electron chi connectivity index (χ4n) is 2.00. The van der Waals surface area contributed by atoms with Gasteiger partial charge in [0, 0.05) is 11.1 Å². The van der Waals surface area contributed by atoms with Crippen LogP contribution in [-0.2, 0) is 0 Å². The second kappa shape index (κ2) is 5.76. The van der Waals surface area contributed by atoms with Crippen LogP contribution in [0.4, 0.5) is 0 Å². The first-order valence-electron chi connectivity index (χ1n) is 6.31. The summed E-state index contributed by atoms with van der Waals surface area (Å²) < 4.78 is 11.0. The smallest absolute Gasteiger partial charge is 0.179 e. The van der Waals surface area contributed by atoms with Crippen LogP contribution in [0.1, 0.15) is 16.3 Å². The predicted octanol–water partition coefficient (Wildman–Crippen LogP) is 3.94. The monoisotopic (exact) mass is 318 g/mol. The average Bonchev–Trinajstić information content (AvgIpc) is 2.91. The summed E-state index contributed by atoms with van der Waals surface area (Å²) in [6.07, 6.45) is 1.75. The van der Waals surface area contributed by atoms with Crippen LogP contribution in [0.15, 0.2) is 17.5 Å². The third kappa shape index (κ3) is 2.87. The molecule has 0 aliphatic carbocycles. The van der Waals surface area contributed by atoms with Crippen LogP contribution < -0.4 is 9.47 Å². The molecule has 0 amide bonds. The largest absolute Gasteiger partial charge is 0.486 e. The lowest BCUT2D eigenvalue weighted by Crippen LogP contribution is -2.15. The molecule has 4 nitrogen and oxygen atoms in total. The Balaban J connectivity index is 2.02. The molecule has 3 rings (SSSR count). The van der Waals surface area contributed by atoms with E-state index in [0.29, 0.717) is 40.3 Å². The molecule has 0 fully saturated rings. The highest BCUT2D eigenvalue weighted by molar-refractivity contribution is 7.11. The number of nitrogens with zero attached hydrogens (tertiary/aromatic N) is 2. The maximum atomic E-state index is 9.32. The summed E-state index contributed by atoms with van der Waals surface area (Å²) in [6, 6.07) is 5.75. The zero-order chi connectivity index (χ0) is 14.8. The highest BCUT2D eigenvalue weighted by Crippen LogP contribution is 2.39. The van der Waals surface area contributed by atoms with Crippen LogP contribution in [-0.4, -0.2) is 18.2 Å². The van der Waals surface area contributed by atoms with E-state index >= 15 is 0 Å². The minimum absolute atomic E-state index is 0.478. The van der Waals surface area contributed by atoms with Gasteiger partial charge in [-0.2, -0.15) is 5.26 Å². The molecule has 106 valence electrons. The summed E-state index contributed by atoms with van der Waals surface area (Å²) in [6.45, 7) is 2.88. The number of aryl methyl sites for hydroxylation is 1. The van der Waals surface area contributed by atoms with E-state index < -0.39 is 0 Å². The summed E-state index contributed by atoms with van der Waals surface area (Å²) in [5.41, 5.74) is 2.19. The molecular formula is C15H11ClN2O2S. The third-order valence-corrected chi connectivity index (χ3v) is 4.17. The van der Waals surface area contributed by atoms with Crippen LogP contribution in [0.5, 0.6) is 11.5 Å². The number of aromatic nitrogens is 1. The molecule has 0 radical (unpaired) electrons. The number of allylic oxidation sites excluding steroid dienone is 1. The van der Waals surface area contributed by atoms with Crippen molar-refractivity contribution < 1.29 is 9.47 Å². The first-order chi connectivity index (χ1) is 10.2. The molecule has 0 atom stereocenters. The fraction of sp³-hybridized carbons (Fsp3) is 0.200. The maximum absolute atomic E-state index is 9.32. The Kier molecular flexibility index (Phi) is 3.82. The number of hydrogen-bond donors (Lipinski definition) is 0. The minimum atomic E-state index is 0.478. The molecule has 2 heterocycles. The van der Waals surface area contributed by atoms with E-state index in [9.17, 15) is 5.26 Å². The number of rotatable bonds is 2. The van der Waals surface area contributed by atoms with Crippen LogP contribution in [0, 0.1) is 18.3 Å². The maximum Gasteiger partial charge on any atom is 0.179 e. The number of ether oxygens (including phenoxy) is 2. The number of halogens is 1. The van der Waals surface area contributed by atoms with Crippen molar-refractivity contribution in [1.29, 1.82) is 5.26 Å². The molecule has 0 saturated carbocycles. The van der Waals surface area contributed by atoms with Crippen molar-refractivity contribution in [3.05, 3.63) is 38.8 Å². The van der Waals surface area contributed by atoms with Gasteiger partial charge in [0.25, 0.3) is 0 Å². The lowest BCUT2D eigenvalue weighted by molar-refractivity contribution is 0.171. The third-order valence-electron chi connectivity index (χ3n) is 2.90. The minimum Gasteiger partial charge on any atom is -0.486 e. The molecular weight excluding hydrogens is 308 g/mol. The van der Waals surface area contributed by atoms with Crippen molar-refractivity contribution in [2.45, 2.75) is 6.92 Å². The van der Waals surface area contributed by atoms with Crippen LogP contribution in [0.3, 0.4) is 0 Å². The Morgan fingerprint density at radius 3 is 2.95 bits per heavy atom. The molecule has 0 spiro atoms. The van der Waals surface area contributed by atoms with E-state index in [0.717, 1.165) is 11.3 Å². The lowest BCUT2D eigenvalue weighted by atomic mass is 10.1. The van der Waals surface area contributed by atoms with Gasteiger partial charge in [-0.25, -0.2) is 4.98 Å². The second-order valence-corrected chi connectivity index (χ2v) is 5.76. The number of benzene rings is 1. The van der Waals surface area contributed by atoms with E-state index in [1.165, 1.54) is 11.3 Å². The Hall–Kier alpha value is -2.03. The fourth-order valence-corrected chi connectivity index (χ4v) is 3.04. The number of thiazole rings is 1. The summed E-state index contributed by atoms with van der Waals surface area (Å²) in [7, 11) is 0. The van der Waals surface area contributed by atoms with Gasteiger partial charge in [0.2, 0.25) is 0 Å². The summed E-state index contributed by atoms with van der Waals surface area (Å²) in [4.78, 5) is 4.33. The standard InChI is InChI=1S/C15H11ClN2O2S/c1-9-8-21-15(18-9)11(7-17)4-10-5-12(16)14-13(6-10)19-2-3-20-14/h4-6,8H,2-3H2,1H3/b11-4-. The Bertz CT molecular complexity index is 762. The van der Waals surface area contributed by atoms with Gasteiger partial charge in [-0.3, -0.25) is 0 Å². The molecule has 0 bridgehead atoms. The second-order valence-electron chi connectivity index (χ2n) is 4.49. The van der Waals surface area contributed by atoms with Crippen molar-refractivity contribution in [2.24, 2.45) is 0 Å². The highest BCUT2D eigenvalue weighted by atomic mass is 35.5. The summed E-state index contributed by atoms with van der Waals surface area (Å²) in [5.74, 6) is 1.16. The Morgan fingerprint density at radius 2 is 2.24 bits per heavy atom. The topological polar surface area (TPSA) is 55.1 Å². The molecule has 0 saturated heterocycles. The van der Waals surface area contributed by atoms with Crippen LogP contribution in [0.2, 0.25) is 5.02 Å². The van der Waals surface area contributed by atoms with Gasteiger partial charge in [-0.15, -0.1) is 11.3 Å². The SMILES string of the molecule is Cc1csc(/C(C#N)=C\c2cc(Cl)c3c(c2)OCCO3)n1. The molecule has 1 aliphatic heterocycles. The van der Waals surface area contributed by atoms with Gasteiger partial charge < -0.3 is 9.47 Å². The average molecular weight is 319 g/mol. The summed E-state index contributed by atoms with van der Waals surface area (Å²) >= 11 is 7.64. The van der Waals surface area contributed by atoms with E-state index in [-0.39, 0.29) is 0 Å². The van der Waals surface area contributed by atoms with Gasteiger partial charge in [0.15, 0.2) is 11.5 Å². The van der Waals surface area contributed by atoms with Crippen molar-refractivity contribution in [3.8, 4) is 17.6 Å². The number of nitriles is 1. The van der Waals surface area contributed by atoms with Gasteiger partial charge in [0.1, 0.15) is 24.3 Å². The first kappa shape index (κ1) is 13.9. The molecule has 21 heavy (non-hydrogen) atoms. The zero-order valence-corrected chi connectivity index (χ0v) is 12.8. The van der Waals surface area contributed by atoms with Crippen LogP contribution >= 0.6 is 22.9 Å². The quantitative estimate of drug-likeness (QED) is 0.787. The van der Waals surface area contributed by atoms with E-state index in [2.05, 4.69) is 11.1 Å². The van der Waals surface area contributed by atoms with Crippen molar-refractivity contribution >= 4 is 34.6 Å². The van der Waals surface area contributed by atoms with E-state index in [1.54, 1.807) is 12.1 Å². The van der Waals surface area contributed by atoms with E-state index in [4.69, 9.17) is 21.1 Å².